The zero-order valence-electron chi connectivity index (χ0n) is 16.1. The highest BCUT2D eigenvalue weighted by Crippen LogP contribution is 2.28. The number of rotatable bonds is 7. The van der Waals surface area contributed by atoms with Gasteiger partial charge in [0.05, 0.1) is 19.3 Å². The molecule has 3 rings (SSSR count). The molecule has 1 aromatic rings. The highest BCUT2D eigenvalue weighted by molar-refractivity contribution is 5.14. The molecule has 0 radical (unpaired) electrons. The molecule has 2 aliphatic rings. The SMILES string of the molecule is OC[C@H]1O[C@H](O[C@H]2[C@H](O)[C@@H](NCc3ccccc3)[C@H](O)O[C@@H]2CO)[C@H](O)[C@@H](O)[C@H]1O. The van der Waals surface area contributed by atoms with E-state index in [4.69, 9.17) is 14.2 Å². The van der Waals surface area contributed by atoms with Crippen molar-refractivity contribution in [2.45, 2.75) is 67.9 Å². The zero-order valence-corrected chi connectivity index (χ0v) is 16.1. The Bertz CT molecular complexity index is 649. The molecule has 2 fully saturated rings. The minimum atomic E-state index is -1.68. The van der Waals surface area contributed by atoms with Crippen LogP contribution in [0.5, 0.6) is 0 Å². The number of nitrogens with one attached hydrogen (secondary N) is 1. The molecular weight excluding hydrogens is 402 g/mol. The first-order valence-electron chi connectivity index (χ1n) is 9.73. The third kappa shape index (κ3) is 4.98. The van der Waals surface area contributed by atoms with Gasteiger partial charge in [-0.3, -0.25) is 0 Å². The van der Waals surface area contributed by atoms with Crippen molar-refractivity contribution in [3.63, 3.8) is 0 Å². The molecule has 0 bridgehead atoms. The summed E-state index contributed by atoms with van der Waals surface area (Å²) >= 11 is 0. The van der Waals surface area contributed by atoms with Crippen LogP contribution in [0.3, 0.4) is 0 Å². The number of benzene rings is 1. The van der Waals surface area contributed by atoms with Crippen molar-refractivity contribution in [2.75, 3.05) is 13.2 Å². The van der Waals surface area contributed by atoms with Crippen LogP contribution >= 0.6 is 0 Å². The highest BCUT2D eigenvalue weighted by atomic mass is 16.7. The molecule has 30 heavy (non-hydrogen) atoms. The average Bonchev–Trinajstić information content (AvgIpc) is 2.76. The lowest BCUT2D eigenvalue weighted by molar-refractivity contribution is -0.345. The summed E-state index contributed by atoms with van der Waals surface area (Å²) in [6, 6.07) is 8.25. The fraction of sp³-hybridized carbons (Fsp3) is 0.684. The van der Waals surface area contributed by atoms with Crippen LogP contribution in [-0.4, -0.2) is 110 Å². The van der Waals surface area contributed by atoms with E-state index in [0.717, 1.165) is 5.56 Å². The van der Waals surface area contributed by atoms with Crippen LogP contribution in [0.25, 0.3) is 0 Å². The third-order valence-corrected chi connectivity index (χ3v) is 5.40. The van der Waals surface area contributed by atoms with Crippen LogP contribution in [0.15, 0.2) is 30.3 Å². The van der Waals surface area contributed by atoms with E-state index in [0.29, 0.717) is 6.54 Å². The fourth-order valence-electron chi connectivity index (χ4n) is 3.64. The van der Waals surface area contributed by atoms with Crippen LogP contribution in [-0.2, 0) is 20.8 Å². The molecular formula is C19H29NO10. The molecule has 0 unspecified atom stereocenters. The number of ether oxygens (including phenoxy) is 3. The van der Waals surface area contributed by atoms with Crippen molar-refractivity contribution in [3.05, 3.63) is 35.9 Å². The van der Waals surface area contributed by atoms with Gasteiger partial charge in [-0.15, -0.1) is 0 Å². The number of aliphatic hydroxyl groups excluding tert-OH is 7. The Kier molecular flexibility index (Phi) is 8.12. The van der Waals surface area contributed by atoms with Crippen LogP contribution in [0.1, 0.15) is 5.56 Å². The number of aliphatic hydroxyl groups is 7. The molecule has 11 heteroatoms. The second-order valence-electron chi connectivity index (χ2n) is 7.43. The fourth-order valence-corrected chi connectivity index (χ4v) is 3.64. The summed E-state index contributed by atoms with van der Waals surface area (Å²) in [4.78, 5) is 0. The van der Waals surface area contributed by atoms with Gasteiger partial charge in [0.2, 0.25) is 0 Å². The molecule has 8 N–H and O–H groups in total. The average molecular weight is 431 g/mol. The smallest absolute Gasteiger partial charge is 0.187 e. The van der Waals surface area contributed by atoms with Gasteiger partial charge in [0.25, 0.3) is 0 Å². The van der Waals surface area contributed by atoms with Crippen molar-refractivity contribution in [1.29, 1.82) is 0 Å². The molecule has 0 aromatic heterocycles. The van der Waals surface area contributed by atoms with Gasteiger partial charge >= 0.3 is 0 Å². The van der Waals surface area contributed by atoms with E-state index in [9.17, 15) is 35.7 Å². The Morgan fingerprint density at radius 1 is 0.800 bits per heavy atom. The lowest BCUT2D eigenvalue weighted by Gasteiger charge is -2.46. The predicted octanol–water partition coefficient (Wildman–Crippen LogP) is -3.60. The van der Waals surface area contributed by atoms with Crippen molar-refractivity contribution < 1.29 is 50.0 Å². The second-order valence-corrected chi connectivity index (χ2v) is 7.43. The molecule has 0 spiro atoms. The van der Waals surface area contributed by atoms with E-state index in [1.165, 1.54) is 0 Å². The lowest BCUT2D eigenvalue weighted by atomic mass is 9.95. The topological polar surface area (TPSA) is 181 Å². The van der Waals surface area contributed by atoms with E-state index in [-0.39, 0.29) is 0 Å². The standard InChI is InChI=1S/C19H29NO10/c21-7-10-13(23)15(25)16(26)19(29-10)30-17-11(8-22)28-18(27)12(14(17)24)20-6-9-4-2-1-3-5-9/h1-5,10-27H,6-8H2/t10-,11-,12-,13+,14-,15+,16-,17-,18-,19-/m1/s1. The molecule has 0 aliphatic carbocycles. The normalized spacial score (nSPS) is 42.2. The van der Waals surface area contributed by atoms with Gasteiger partial charge in [0, 0.05) is 6.54 Å². The molecule has 0 amide bonds. The summed E-state index contributed by atoms with van der Waals surface area (Å²) in [5, 5.41) is 72.9. The van der Waals surface area contributed by atoms with E-state index in [1.54, 1.807) is 0 Å². The minimum Gasteiger partial charge on any atom is -0.394 e. The van der Waals surface area contributed by atoms with E-state index in [2.05, 4.69) is 5.32 Å². The van der Waals surface area contributed by atoms with Gasteiger partial charge in [-0.05, 0) is 5.56 Å². The van der Waals surface area contributed by atoms with E-state index < -0.39 is 74.6 Å². The van der Waals surface area contributed by atoms with Crippen molar-refractivity contribution in [2.24, 2.45) is 0 Å². The van der Waals surface area contributed by atoms with Gasteiger partial charge in [-0.2, -0.15) is 0 Å². The van der Waals surface area contributed by atoms with Crippen molar-refractivity contribution >= 4 is 0 Å². The maximum atomic E-state index is 10.8. The van der Waals surface area contributed by atoms with Crippen LogP contribution in [0.2, 0.25) is 0 Å². The van der Waals surface area contributed by atoms with Gasteiger partial charge in [0.1, 0.15) is 42.7 Å². The van der Waals surface area contributed by atoms with Crippen molar-refractivity contribution in [1.82, 2.24) is 5.32 Å². The second kappa shape index (κ2) is 10.4. The van der Waals surface area contributed by atoms with Gasteiger partial charge in [-0.25, -0.2) is 0 Å². The molecule has 0 saturated carbocycles. The van der Waals surface area contributed by atoms with Gasteiger partial charge < -0.3 is 55.3 Å². The number of hydrogen-bond acceptors (Lipinski definition) is 11. The molecule has 10 atom stereocenters. The maximum absolute atomic E-state index is 10.8. The molecule has 11 nitrogen and oxygen atoms in total. The summed E-state index contributed by atoms with van der Waals surface area (Å²) in [7, 11) is 0. The quantitative estimate of drug-likeness (QED) is 0.214. The van der Waals surface area contributed by atoms with E-state index >= 15 is 0 Å². The van der Waals surface area contributed by atoms with E-state index in [1.807, 2.05) is 30.3 Å². The highest BCUT2D eigenvalue weighted by Gasteiger charge is 2.50. The Hall–Kier alpha value is -1.22. The summed E-state index contributed by atoms with van der Waals surface area (Å²) in [6.45, 7) is -0.945. The monoisotopic (exact) mass is 431 g/mol. The number of hydrogen-bond donors (Lipinski definition) is 8. The van der Waals surface area contributed by atoms with Crippen LogP contribution in [0.4, 0.5) is 0 Å². The molecule has 170 valence electrons. The Morgan fingerprint density at radius 2 is 1.47 bits per heavy atom. The first-order chi connectivity index (χ1) is 14.4. The van der Waals surface area contributed by atoms with Crippen LogP contribution in [0, 0.1) is 0 Å². The summed E-state index contributed by atoms with van der Waals surface area (Å²) in [5.41, 5.74) is 0.896. The Morgan fingerprint density at radius 3 is 2.10 bits per heavy atom. The Balaban J connectivity index is 1.71. The lowest BCUT2D eigenvalue weighted by Crippen LogP contribution is -2.66. The first kappa shape index (κ1) is 23.4. The minimum absolute atomic E-state index is 0.305. The predicted molar refractivity (Wildman–Crippen MR) is 99.7 cm³/mol. The Labute approximate surface area is 173 Å². The maximum Gasteiger partial charge on any atom is 0.187 e. The summed E-state index contributed by atoms with van der Waals surface area (Å²) < 4.78 is 16.3. The summed E-state index contributed by atoms with van der Waals surface area (Å²) in [5.74, 6) is 0. The largest absolute Gasteiger partial charge is 0.394 e. The van der Waals surface area contributed by atoms with Crippen LogP contribution < -0.4 is 5.32 Å². The first-order valence-corrected chi connectivity index (χ1v) is 9.73. The van der Waals surface area contributed by atoms with Gasteiger partial charge in [-0.1, -0.05) is 30.3 Å². The molecule has 2 saturated heterocycles. The van der Waals surface area contributed by atoms with Crippen molar-refractivity contribution in [3.8, 4) is 0 Å². The molecule has 2 heterocycles. The summed E-state index contributed by atoms with van der Waals surface area (Å²) in [6.07, 6.45) is -12.9. The zero-order chi connectivity index (χ0) is 21.8. The van der Waals surface area contributed by atoms with Gasteiger partial charge in [0.15, 0.2) is 12.6 Å². The third-order valence-electron chi connectivity index (χ3n) is 5.40. The molecule has 2 aliphatic heterocycles. The molecule has 1 aromatic carbocycles.